The van der Waals surface area contributed by atoms with Crippen LogP contribution in [0.4, 0.5) is 4.79 Å². The Balaban J connectivity index is 1.44. The summed E-state index contributed by atoms with van der Waals surface area (Å²) in [6, 6.07) is 15.7. The minimum absolute atomic E-state index is 0.0477. The molecule has 38 heavy (non-hydrogen) atoms. The van der Waals surface area contributed by atoms with Gasteiger partial charge in [0.25, 0.3) is 0 Å². The fourth-order valence-corrected chi connectivity index (χ4v) is 4.31. The molecule has 3 aromatic carbocycles. The molecule has 0 saturated carbocycles. The first-order valence-electron chi connectivity index (χ1n) is 12.0. The molecule has 2 heterocycles. The molecule has 0 aliphatic heterocycles. The van der Waals surface area contributed by atoms with Gasteiger partial charge in [0.15, 0.2) is 0 Å². The highest BCUT2D eigenvalue weighted by atomic mass is 16.6. The Morgan fingerprint density at radius 3 is 2.55 bits per heavy atom. The number of phenolic OH excluding ortho intramolecular Hbond substituents is 1. The highest BCUT2D eigenvalue weighted by Gasteiger charge is 2.27. The van der Waals surface area contributed by atoms with E-state index < -0.39 is 29.3 Å². The summed E-state index contributed by atoms with van der Waals surface area (Å²) < 4.78 is 16.4. The highest BCUT2D eigenvalue weighted by Crippen LogP contribution is 2.28. The molecule has 5 aromatic rings. The molecular weight excluding hydrogens is 488 g/mol. The number of esters is 1. The molecule has 2 aromatic heterocycles. The average molecular weight is 515 g/mol. The molecule has 0 fully saturated rings. The molecule has 0 saturated heterocycles. The first kappa shape index (κ1) is 24.9. The number of aromatic hydroxyl groups is 1. The SMILES string of the molecule is CC(C)(C)OC(=O)NC(Cc1c[nH]c2ccccc12)C(=O)Oc1ccc2c(c1)oc(=O)c1cc(O)ccc12. The second-order valence-corrected chi connectivity index (χ2v) is 9.96. The summed E-state index contributed by atoms with van der Waals surface area (Å²) in [6.45, 7) is 5.19. The molecule has 1 amide bonds. The van der Waals surface area contributed by atoms with Gasteiger partial charge in [0.05, 0.1) is 5.39 Å². The molecule has 1 atom stereocenters. The number of ether oxygens (including phenoxy) is 2. The Bertz CT molecular complexity index is 1740. The topological polar surface area (TPSA) is 131 Å². The van der Waals surface area contributed by atoms with Crippen molar-refractivity contribution in [2.45, 2.75) is 38.8 Å². The number of benzene rings is 3. The number of H-pyrrole nitrogens is 1. The molecule has 1 unspecified atom stereocenters. The van der Waals surface area contributed by atoms with Crippen LogP contribution in [0.1, 0.15) is 26.3 Å². The minimum Gasteiger partial charge on any atom is -0.508 e. The number of aromatic nitrogens is 1. The summed E-state index contributed by atoms with van der Waals surface area (Å²) in [5.74, 6) is -0.624. The van der Waals surface area contributed by atoms with Crippen molar-refractivity contribution in [2.75, 3.05) is 0 Å². The maximum Gasteiger partial charge on any atom is 0.408 e. The molecule has 0 radical (unpaired) electrons. The Kier molecular flexibility index (Phi) is 6.28. The summed E-state index contributed by atoms with van der Waals surface area (Å²) in [7, 11) is 0. The number of hydrogen-bond donors (Lipinski definition) is 3. The second-order valence-electron chi connectivity index (χ2n) is 9.96. The van der Waals surface area contributed by atoms with E-state index in [0.717, 1.165) is 16.5 Å². The summed E-state index contributed by atoms with van der Waals surface area (Å²) in [6.07, 6.45) is 1.19. The lowest BCUT2D eigenvalue weighted by Gasteiger charge is -2.23. The number of carbonyl (C=O) groups excluding carboxylic acids is 2. The molecule has 0 aliphatic carbocycles. The Morgan fingerprint density at radius 1 is 1.00 bits per heavy atom. The minimum atomic E-state index is -1.06. The maximum atomic E-state index is 13.3. The van der Waals surface area contributed by atoms with Crippen molar-refractivity contribution in [3.63, 3.8) is 0 Å². The average Bonchev–Trinajstić information content (AvgIpc) is 3.25. The number of nitrogens with one attached hydrogen (secondary N) is 2. The van der Waals surface area contributed by atoms with Crippen LogP contribution in [0.15, 0.2) is 76.1 Å². The predicted octanol–water partition coefficient (Wildman–Crippen LogP) is 5.17. The van der Waals surface area contributed by atoms with Gasteiger partial charge in [-0.2, -0.15) is 0 Å². The Morgan fingerprint density at radius 2 is 1.76 bits per heavy atom. The van der Waals surface area contributed by atoms with Crippen LogP contribution < -0.4 is 15.7 Å². The predicted molar refractivity (Wildman–Crippen MR) is 142 cm³/mol. The van der Waals surface area contributed by atoms with E-state index in [1.165, 1.54) is 18.2 Å². The first-order valence-corrected chi connectivity index (χ1v) is 12.0. The monoisotopic (exact) mass is 514 g/mol. The van der Waals surface area contributed by atoms with Crippen LogP contribution in [0.2, 0.25) is 0 Å². The van der Waals surface area contributed by atoms with Gasteiger partial charge < -0.3 is 29.3 Å². The van der Waals surface area contributed by atoms with Gasteiger partial charge in [-0.05, 0) is 62.7 Å². The number of phenols is 1. The fourth-order valence-electron chi connectivity index (χ4n) is 4.31. The molecule has 5 rings (SSSR count). The molecule has 0 bridgehead atoms. The van der Waals surface area contributed by atoms with E-state index in [9.17, 15) is 19.5 Å². The summed E-state index contributed by atoms with van der Waals surface area (Å²) in [5.41, 5.74) is 0.548. The van der Waals surface area contributed by atoms with Crippen molar-refractivity contribution in [1.29, 1.82) is 0 Å². The Hall–Kier alpha value is -4.79. The number of fused-ring (bicyclic) bond motifs is 4. The van der Waals surface area contributed by atoms with E-state index in [-0.39, 0.29) is 28.9 Å². The fraction of sp³-hybridized carbons (Fsp3) is 0.207. The van der Waals surface area contributed by atoms with Gasteiger partial charge in [-0.3, -0.25) is 0 Å². The number of para-hydroxylation sites is 1. The number of carbonyl (C=O) groups is 2. The lowest BCUT2D eigenvalue weighted by Crippen LogP contribution is -2.46. The summed E-state index contributed by atoms with van der Waals surface area (Å²) in [4.78, 5) is 41.5. The molecule has 9 heteroatoms. The van der Waals surface area contributed by atoms with E-state index >= 15 is 0 Å². The van der Waals surface area contributed by atoms with Gasteiger partial charge in [-0.25, -0.2) is 14.4 Å². The lowest BCUT2D eigenvalue weighted by molar-refractivity contribution is -0.136. The van der Waals surface area contributed by atoms with Gasteiger partial charge in [0, 0.05) is 40.4 Å². The number of alkyl carbamates (subject to hydrolysis) is 1. The quantitative estimate of drug-likeness (QED) is 0.128. The van der Waals surface area contributed by atoms with Gasteiger partial charge in [-0.15, -0.1) is 0 Å². The van der Waals surface area contributed by atoms with Crippen LogP contribution in [-0.2, 0) is 16.0 Å². The molecule has 9 nitrogen and oxygen atoms in total. The van der Waals surface area contributed by atoms with Crippen molar-refractivity contribution in [3.05, 3.63) is 82.8 Å². The van der Waals surface area contributed by atoms with Crippen LogP contribution in [0.5, 0.6) is 11.5 Å². The third kappa shape index (κ3) is 5.17. The molecule has 194 valence electrons. The van der Waals surface area contributed by atoms with Crippen molar-refractivity contribution < 1.29 is 28.6 Å². The molecular formula is C29H26N2O7. The van der Waals surface area contributed by atoms with E-state index in [1.54, 1.807) is 45.2 Å². The van der Waals surface area contributed by atoms with Crippen LogP contribution in [0.3, 0.4) is 0 Å². The van der Waals surface area contributed by atoms with Gasteiger partial charge in [0.1, 0.15) is 28.7 Å². The van der Waals surface area contributed by atoms with Crippen molar-refractivity contribution in [1.82, 2.24) is 10.3 Å². The van der Waals surface area contributed by atoms with Gasteiger partial charge in [-0.1, -0.05) is 18.2 Å². The van der Waals surface area contributed by atoms with Crippen molar-refractivity contribution in [3.8, 4) is 11.5 Å². The summed E-state index contributed by atoms with van der Waals surface area (Å²) in [5, 5.41) is 14.7. The zero-order valence-electron chi connectivity index (χ0n) is 21.0. The number of rotatable bonds is 5. The number of hydrogen-bond acceptors (Lipinski definition) is 7. The second kappa shape index (κ2) is 9.59. The normalized spacial score (nSPS) is 12.5. The van der Waals surface area contributed by atoms with Crippen LogP contribution in [0.25, 0.3) is 32.6 Å². The maximum absolute atomic E-state index is 13.3. The van der Waals surface area contributed by atoms with E-state index in [1.807, 2.05) is 24.3 Å². The third-order valence-corrected chi connectivity index (χ3v) is 5.96. The zero-order chi connectivity index (χ0) is 27.0. The lowest BCUT2D eigenvalue weighted by atomic mass is 10.0. The number of aromatic amines is 1. The van der Waals surface area contributed by atoms with Crippen LogP contribution in [0, 0.1) is 0 Å². The first-order chi connectivity index (χ1) is 18.1. The van der Waals surface area contributed by atoms with E-state index in [4.69, 9.17) is 13.9 Å². The zero-order valence-corrected chi connectivity index (χ0v) is 21.0. The standard InChI is InChI=1S/C29H26N2O7/c1-29(2,3)38-28(35)31-24(12-16-15-30-23-7-5-4-6-19(16)23)27(34)36-18-9-11-21-20-10-8-17(32)13-22(20)26(33)37-25(21)14-18/h4-11,13-15,24,30,32H,12H2,1-3H3,(H,31,35). The number of amides is 1. The van der Waals surface area contributed by atoms with Crippen molar-refractivity contribution in [2.24, 2.45) is 0 Å². The van der Waals surface area contributed by atoms with Crippen LogP contribution in [-0.4, -0.2) is 33.8 Å². The van der Waals surface area contributed by atoms with Gasteiger partial charge in [0.2, 0.25) is 0 Å². The molecule has 0 aliphatic rings. The van der Waals surface area contributed by atoms with Gasteiger partial charge >= 0.3 is 17.7 Å². The van der Waals surface area contributed by atoms with E-state index in [0.29, 0.717) is 10.8 Å². The van der Waals surface area contributed by atoms with Crippen LogP contribution >= 0.6 is 0 Å². The van der Waals surface area contributed by atoms with Crippen molar-refractivity contribution >= 4 is 44.7 Å². The van der Waals surface area contributed by atoms with E-state index in [2.05, 4.69) is 10.3 Å². The molecule has 0 spiro atoms. The smallest absolute Gasteiger partial charge is 0.408 e. The summed E-state index contributed by atoms with van der Waals surface area (Å²) >= 11 is 0. The Labute approximate surface area is 217 Å². The third-order valence-electron chi connectivity index (χ3n) is 5.96. The largest absolute Gasteiger partial charge is 0.508 e. The molecule has 3 N–H and O–H groups in total. The highest BCUT2D eigenvalue weighted by molar-refractivity contribution is 6.05.